The van der Waals surface area contributed by atoms with E-state index >= 15 is 0 Å². The van der Waals surface area contributed by atoms with Crippen LogP contribution in [0.2, 0.25) is 0 Å². The minimum absolute atomic E-state index is 0.0457. The van der Waals surface area contributed by atoms with Crippen LogP contribution in [0, 0.1) is 16.6 Å². The molecule has 160 valence electrons. The molecule has 0 fully saturated rings. The lowest BCUT2D eigenvalue weighted by Crippen LogP contribution is -2.51. The number of carbonyl (C=O) groups is 2. The number of amides is 1. The topological polar surface area (TPSA) is 112 Å². The minimum atomic E-state index is -0.942. The summed E-state index contributed by atoms with van der Waals surface area (Å²) in [4.78, 5) is 24.8. The summed E-state index contributed by atoms with van der Waals surface area (Å²) in [5, 5.41) is 23.8. The molecule has 8 heteroatoms. The van der Waals surface area contributed by atoms with Crippen LogP contribution in [-0.2, 0) is 20.9 Å². The van der Waals surface area contributed by atoms with E-state index in [1.807, 2.05) is 0 Å². The molecule has 0 heterocycles. The third kappa shape index (κ3) is 5.79. The molecule has 4 N–H and O–H groups in total. The fraction of sp³-hybridized carbons (Fsp3) is 0.318. The Morgan fingerprint density at radius 1 is 1.17 bits per heavy atom. The van der Waals surface area contributed by atoms with Crippen molar-refractivity contribution in [2.75, 3.05) is 12.4 Å². The third-order valence-electron chi connectivity index (χ3n) is 4.47. The number of anilines is 1. The molecule has 2 aromatic carbocycles. The maximum absolute atomic E-state index is 13.1. The first-order chi connectivity index (χ1) is 14.0. The Kier molecular flexibility index (Phi) is 7.15. The normalized spacial score (nSPS) is 12.0. The smallest absolute Gasteiger partial charge is 0.328 e. The van der Waals surface area contributed by atoms with Gasteiger partial charge in [-0.05, 0) is 35.2 Å². The number of aromatic hydroxyl groups is 1. The van der Waals surface area contributed by atoms with Crippen LogP contribution in [0.15, 0.2) is 42.5 Å². The van der Waals surface area contributed by atoms with E-state index in [2.05, 4.69) is 10.6 Å². The van der Waals surface area contributed by atoms with E-state index in [1.54, 1.807) is 32.9 Å². The Balaban J connectivity index is 2.22. The van der Waals surface area contributed by atoms with Crippen LogP contribution >= 0.6 is 0 Å². The molecule has 30 heavy (non-hydrogen) atoms. The number of phenols is 1. The molecule has 2 rings (SSSR count). The van der Waals surface area contributed by atoms with Gasteiger partial charge in [0.1, 0.15) is 23.3 Å². The molecule has 0 aliphatic heterocycles. The quantitative estimate of drug-likeness (QED) is 0.410. The number of carbonyl (C=O) groups excluding carboxylic acids is 2. The molecule has 0 bridgehead atoms. The van der Waals surface area contributed by atoms with E-state index in [9.17, 15) is 19.1 Å². The Bertz CT molecular complexity index is 936. The maximum atomic E-state index is 13.1. The van der Waals surface area contributed by atoms with Gasteiger partial charge in [-0.25, -0.2) is 9.18 Å². The van der Waals surface area contributed by atoms with Crippen LogP contribution in [0.4, 0.5) is 10.1 Å². The molecule has 2 aromatic rings. The van der Waals surface area contributed by atoms with E-state index in [4.69, 9.17) is 10.1 Å². The van der Waals surface area contributed by atoms with Crippen LogP contribution in [0.5, 0.6) is 5.75 Å². The minimum Gasteiger partial charge on any atom is -0.508 e. The van der Waals surface area contributed by atoms with Crippen LogP contribution < -0.4 is 10.6 Å². The van der Waals surface area contributed by atoms with E-state index in [-0.39, 0.29) is 22.8 Å². The molecule has 0 aliphatic rings. The Hall–Kier alpha value is -3.42. The number of phenolic OH excluding ortho intramolecular Hbond substituents is 1. The van der Waals surface area contributed by atoms with Gasteiger partial charge in [0, 0.05) is 23.9 Å². The van der Waals surface area contributed by atoms with Crippen molar-refractivity contribution in [3.8, 4) is 5.75 Å². The third-order valence-corrected chi connectivity index (χ3v) is 4.47. The standard InChI is InChI=1S/C22H26FN3O4/c1-22(2,3)19(21(29)30-4)26-20(28)18(24)16-10-9-15(27)11-17(16)25-12-13-5-7-14(23)8-6-13/h5-11,19,24-25,27H,12H2,1-4H3,(H,26,28). The molecule has 0 aromatic heterocycles. The SMILES string of the molecule is COC(=O)C(NC(=O)C(=N)c1ccc(O)cc1NCc1ccc(F)cc1)C(C)(C)C. The molecule has 1 amide bonds. The molecular formula is C22H26FN3O4. The highest BCUT2D eigenvalue weighted by Gasteiger charge is 2.34. The van der Waals surface area contributed by atoms with E-state index in [0.29, 0.717) is 12.2 Å². The predicted octanol–water partition coefficient (Wildman–Crippen LogP) is 3.22. The van der Waals surface area contributed by atoms with Gasteiger partial charge in [-0.3, -0.25) is 10.2 Å². The Morgan fingerprint density at radius 2 is 1.80 bits per heavy atom. The summed E-state index contributed by atoms with van der Waals surface area (Å²) in [7, 11) is 1.23. The van der Waals surface area contributed by atoms with Crippen LogP contribution in [0.1, 0.15) is 31.9 Å². The highest BCUT2D eigenvalue weighted by atomic mass is 19.1. The lowest BCUT2D eigenvalue weighted by atomic mass is 9.86. The van der Waals surface area contributed by atoms with Crippen molar-refractivity contribution >= 4 is 23.3 Å². The van der Waals surface area contributed by atoms with Gasteiger partial charge in [0.2, 0.25) is 0 Å². The Labute approximate surface area is 174 Å². The van der Waals surface area contributed by atoms with Crippen molar-refractivity contribution in [2.45, 2.75) is 33.4 Å². The lowest BCUT2D eigenvalue weighted by Gasteiger charge is -2.29. The van der Waals surface area contributed by atoms with Gasteiger partial charge in [-0.15, -0.1) is 0 Å². The summed E-state index contributed by atoms with van der Waals surface area (Å²) < 4.78 is 17.8. The van der Waals surface area contributed by atoms with Crippen LogP contribution in [0.3, 0.4) is 0 Å². The summed E-state index contributed by atoms with van der Waals surface area (Å²) in [6, 6.07) is 9.12. The molecule has 1 unspecified atom stereocenters. The van der Waals surface area contributed by atoms with Gasteiger partial charge in [-0.1, -0.05) is 32.9 Å². The zero-order chi connectivity index (χ0) is 22.5. The largest absolute Gasteiger partial charge is 0.508 e. The highest BCUT2D eigenvalue weighted by molar-refractivity contribution is 6.45. The zero-order valence-electron chi connectivity index (χ0n) is 17.4. The first-order valence-electron chi connectivity index (χ1n) is 9.32. The van der Waals surface area contributed by atoms with Gasteiger partial charge in [0.15, 0.2) is 0 Å². The highest BCUT2D eigenvalue weighted by Crippen LogP contribution is 2.24. The number of nitrogens with one attached hydrogen (secondary N) is 3. The summed E-state index contributed by atoms with van der Waals surface area (Å²) >= 11 is 0. The molecule has 0 saturated carbocycles. The summed E-state index contributed by atoms with van der Waals surface area (Å²) in [5.74, 6) is -1.76. The van der Waals surface area contributed by atoms with Crippen molar-refractivity contribution in [2.24, 2.45) is 5.41 Å². The number of methoxy groups -OCH3 is 1. The monoisotopic (exact) mass is 415 g/mol. The summed E-state index contributed by atoms with van der Waals surface area (Å²) in [5.41, 5.74) is 0.367. The number of hydrogen-bond acceptors (Lipinski definition) is 6. The number of esters is 1. The molecule has 0 spiro atoms. The van der Waals surface area contributed by atoms with Crippen molar-refractivity contribution < 1.29 is 23.8 Å². The first kappa shape index (κ1) is 22.9. The number of hydrogen-bond donors (Lipinski definition) is 4. The number of halogens is 1. The van der Waals surface area contributed by atoms with Gasteiger partial charge in [-0.2, -0.15) is 0 Å². The maximum Gasteiger partial charge on any atom is 0.328 e. The molecule has 0 aliphatic carbocycles. The van der Waals surface area contributed by atoms with Crippen LogP contribution in [-0.4, -0.2) is 35.8 Å². The van der Waals surface area contributed by atoms with Crippen LogP contribution in [0.25, 0.3) is 0 Å². The molecule has 1 atom stereocenters. The van der Waals surface area contributed by atoms with Gasteiger partial charge < -0.3 is 20.5 Å². The van der Waals surface area contributed by atoms with Crippen molar-refractivity contribution in [1.82, 2.24) is 5.32 Å². The van der Waals surface area contributed by atoms with Gasteiger partial charge in [0.25, 0.3) is 5.91 Å². The molecule has 0 saturated heterocycles. The van der Waals surface area contributed by atoms with E-state index < -0.39 is 23.3 Å². The average molecular weight is 415 g/mol. The Morgan fingerprint density at radius 3 is 2.37 bits per heavy atom. The van der Waals surface area contributed by atoms with Crippen molar-refractivity contribution in [3.05, 3.63) is 59.4 Å². The van der Waals surface area contributed by atoms with Gasteiger partial charge in [0.05, 0.1) is 7.11 Å². The predicted molar refractivity (Wildman–Crippen MR) is 112 cm³/mol. The fourth-order valence-corrected chi connectivity index (χ4v) is 2.77. The first-order valence-corrected chi connectivity index (χ1v) is 9.32. The number of benzene rings is 2. The lowest BCUT2D eigenvalue weighted by molar-refractivity contribution is -0.147. The second-order valence-electron chi connectivity index (χ2n) is 7.88. The van der Waals surface area contributed by atoms with Crippen molar-refractivity contribution in [1.29, 1.82) is 5.41 Å². The number of rotatable bonds is 7. The molecular weight excluding hydrogens is 389 g/mol. The summed E-state index contributed by atoms with van der Waals surface area (Å²) in [6.45, 7) is 5.61. The van der Waals surface area contributed by atoms with E-state index in [0.717, 1.165) is 5.56 Å². The second kappa shape index (κ2) is 9.39. The summed E-state index contributed by atoms with van der Waals surface area (Å²) in [6.07, 6.45) is 0. The fourth-order valence-electron chi connectivity index (χ4n) is 2.77. The van der Waals surface area contributed by atoms with Gasteiger partial charge >= 0.3 is 5.97 Å². The second-order valence-corrected chi connectivity index (χ2v) is 7.88. The zero-order valence-corrected chi connectivity index (χ0v) is 17.4. The van der Waals surface area contributed by atoms with Crippen molar-refractivity contribution in [3.63, 3.8) is 0 Å². The average Bonchev–Trinajstić information content (AvgIpc) is 2.69. The number of ether oxygens (including phenoxy) is 1. The molecule has 7 nitrogen and oxygen atoms in total. The van der Waals surface area contributed by atoms with E-state index in [1.165, 1.54) is 37.4 Å². The molecule has 0 radical (unpaired) electrons.